The Labute approximate surface area is 170 Å². The molecule has 1 aliphatic carbocycles. The van der Waals surface area contributed by atoms with Gasteiger partial charge in [0, 0.05) is 22.6 Å². The van der Waals surface area contributed by atoms with Crippen molar-refractivity contribution in [1.82, 2.24) is 9.38 Å². The van der Waals surface area contributed by atoms with Gasteiger partial charge >= 0.3 is 0 Å². The summed E-state index contributed by atoms with van der Waals surface area (Å²) in [5.41, 5.74) is 0.963. The lowest BCUT2D eigenvalue weighted by atomic mass is 10.2. The molecule has 3 aromatic rings. The van der Waals surface area contributed by atoms with E-state index in [1.165, 1.54) is 53.0 Å². The topological polar surface area (TPSA) is 87.0 Å². The molecule has 1 fully saturated rings. The molecule has 10 heteroatoms. The normalized spacial score (nSPS) is 18.9. The zero-order chi connectivity index (χ0) is 20.8. The molecule has 1 aromatic carbocycles. The molecule has 0 amide bonds. The third-order valence-electron chi connectivity index (χ3n) is 4.69. The average Bonchev–Trinajstić information content (AvgIpc) is 3.32. The van der Waals surface area contributed by atoms with Crippen LogP contribution in [0.15, 0.2) is 35.1 Å². The summed E-state index contributed by atoms with van der Waals surface area (Å²) in [6.07, 6.45) is 0.109. The lowest BCUT2D eigenvalue weighted by Crippen LogP contribution is -2.18. The summed E-state index contributed by atoms with van der Waals surface area (Å²) in [6, 6.07) is 7.00. The molecule has 2 unspecified atom stereocenters. The van der Waals surface area contributed by atoms with Gasteiger partial charge in [-0.15, -0.1) is 11.3 Å². The molecule has 4 rings (SSSR count). The van der Waals surface area contributed by atoms with Crippen LogP contribution >= 0.6 is 11.3 Å². The number of fused-ring (bicyclic) bond motifs is 1. The highest BCUT2D eigenvalue weighted by atomic mass is 32.2. The largest absolute Gasteiger partial charge is 0.487 e. The highest BCUT2D eigenvalue weighted by Gasteiger charge is 2.45. The smallest absolute Gasteiger partial charge is 0.267 e. The van der Waals surface area contributed by atoms with Crippen molar-refractivity contribution in [3.8, 4) is 5.75 Å². The second-order valence-corrected chi connectivity index (χ2v) is 9.88. The van der Waals surface area contributed by atoms with E-state index in [0.717, 1.165) is 10.6 Å². The predicted molar refractivity (Wildman–Crippen MR) is 106 cm³/mol. The SMILES string of the molecule is CCS(=O)(=O)OC1CC1c1c(C)sc2nc(COc3ccc(F)cc3)cc(=O)n12. The highest BCUT2D eigenvalue weighted by molar-refractivity contribution is 7.86. The maximum Gasteiger partial charge on any atom is 0.267 e. The highest BCUT2D eigenvalue weighted by Crippen LogP contribution is 2.46. The number of nitrogens with zero attached hydrogens (tertiary/aromatic N) is 2. The molecule has 2 atom stereocenters. The van der Waals surface area contributed by atoms with E-state index >= 15 is 0 Å². The first kappa shape index (κ1) is 20.0. The first-order chi connectivity index (χ1) is 13.8. The Morgan fingerprint density at radius 3 is 2.72 bits per heavy atom. The van der Waals surface area contributed by atoms with Crippen LogP contribution in [-0.2, 0) is 20.9 Å². The fourth-order valence-corrected chi connectivity index (χ4v) is 4.94. The van der Waals surface area contributed by atoms with Crippen molar-refractivity contribution in [2.45, 2.75) is 38.9 Å². The maximum absolute atomic E-state index is 13.0. The van der Waals surface area contributed by atoms with Crippen molar-refractivity contribution in [3.63, 3.8) is 0 Å². The van der Waals surface area contributed by atoms with Crippen molar-refractivity contribution in [1.29, 1.82) is 0 Å². The van der Waals surface area contributed by atoms with Crippen molar-refractivity contribution in [2.75, 3.05) is 5.75 Å². The van der Waals surface area contributed by atoms with E-state index in [-0.39, 0.29) is 29.7 Å². The molecule has 0 spiro atoms. The van der Waals surface area contributed by atoms with Gasteiger partial charge in [0.15, 0.2) is 4.96 Å². The van der Waals surface area contributed by atoms with Crippen LogP contribution in [0, 0.1) is 12.7 Å². The zero-order valence-corrected chi connectivity index (χ0v) is 17.4. The van der Waals surface area contributed by atoms with Crippen LogP contribution in [0.2, 0.25) is 0 Å². The molecule has 7 nitrogen and oxygen atoms in total. The number of thiazole rings is 1. The van der Waals surface area contributed by atoms with Gasteiger partial charge in [0.05, 0.1) is 17.6 Å². The minimum Gasteiger partial charge on any atom is -0.487 e. The van der Waals surface area contributed by atoms with Crippen molar-refractivity contribution >= 4 is 26.4 Å². The lowest BCUT2D eigenvalue weighted by molar-refractivity contribution is 0.298. The third-order valence-corrected chi connectivity index (χ3v) is 6.91. The quantitative estimate of drug-likeness (QED) is 0.527. The number of aryl methyl sites for hydroxylation is 1. The summed E-state index contributed by atoms with van der Waals surface area (Å²) >= 11 is 1.37. The van der Waals surface area contributed by atoms with Gasteiger partial charge in [-0.3, -0.25) is 13.4 Å². The Balaban J connectivity index is 1.57. The van der Waals surface area contributed by atoms with Gasteiger partial charge in [-0.05, 0) is 44.5 Å². The van der Waals surface area contributed by atoms with Crippen LogP contribution in [0.1, 0.15) is 35.5 Å². The van der Waals surface area contributed by atoms with Gasteiger partial charge in [-0.1, -0.05) is 0 Å². The van der Waals surface area contributed by atoms with E-state index in [0.29, 0.717) is 22.8 Å². The van der Waals surface area contributed by atoms with Crippen LogP contribution in [0.25, 0.3) is 4.96 Å². The first-order valence-corrected chi connectivity index (χ1v) is 11.5. The van der Waals surface area contributed by atoms with Gasteiger partial charge in [0.2, 0.25) is 0 Å². The monoisotopic (exact) mass is 438 g/mol. The number of aromatic nitrogens is 2. The lowest BCUT2D eigenvalue weighted by Gasteiger charge is -2.07. The maximum atomic E-state index is 13.0. The summed E-state index contributed by atoms with van der Waals surface area (Å²) in [6.45, 7) is 3.49. The molecule has 0 radical (unpaired) electrons. The van der Waals surface area contributed by atoms with Crippen LogP contribution in [0.4, 0.5) is 4.39 Å². The van der Waals surface area contributed by atoms with E-state index in [9.17, 15) is 17.6 Å². The van der Waals surface area contributed by atoms with Crippen LogP contribution in [0.3, 0.4) is 0 Å². The Bertz CT molecular complexity index is 1220. The van der Waals surface area contributed by atoms with E-state index in [1.54, 1.807) is 0 Å². The minimum atomic E-state index is -3.54. The molecule has 0 bridgehead atoms. The van der Waals surface area contributed by atoms with Crippen LogP contribution < -0.4 is 10.3 Å². The summed E-state index contributed by atoms with van der Waals surface area (Å²) in [5, 5.41) is 0. The standard InChI is InChI=1S/C19H19FN2O5S2/c1-3-29(24,25)27-16-9-15(16)18-11(2)28-19-21-13(8-17(23)22(18)19)10-26-14-6-4-12(20)5-7-14/h4-8,15-16H,3,9-10H2,1-2H3. The Morgan fingerprint density at radius 1 is 1.31 bits per heavy atom. The second kappa shape index (κ2) is 7.51. The number of benzene rings is 1. The number of rotatable bonds is 7. The molecule has 2 aromatic heterocycles. The first-order valence-electron chi connectivity index (χ1n) is 9.08. The Morgan fingerprint density at radius 2 is 2.03 bits per heavy atom. The molecule has 154 valence electrons. The van der Waals surface area contributed by atoms with E-state index < -0.39 is 16.2 Å². The van der Waals surface area contributed by atoms with Crippen molar-refractivity contribution < 1.29 is 21.7 Å². The summed E-state index contributed by atoms with van der Waals surface area (Å²) in [4.78, 5) is 18.7. The number of hydrogen-bond acceptors (Lipinski definition) is 7. The summed E-state index contributed by atoms with van der Waals surface area (Å²) in [5.74, 6) is -0.110. The van der Waals surface area contributed by atoms with Gasteiger partial charge in [0.25, 0.3) is 15.7 Å². The fraction of sp³-hybridized carbons (Fsp3) is 0.368. The Kier molecular flexibility index (Phi) is 5.18. The van der Waals surface area contributed by atoms with Gasteiger partial charge in [0.1, 0.15) is 18.2 Å². The van der Waals surface area contributed by atoms with Crippen molar-refractivity contribution in [3.05, 3.63) is 62.8 Å². The molecule has 2 heterocycles. The van der Waals surface area contributed by atoms with Crippen molar-refractivity contribution in [2.24, 2.45) is 0 Å². The molecular weight excluding hydrogens is 419 g/mol. The van der Waals surface area contributed by atoms with Gasteiger partial charge in [-0.25, -0.2) is 9.37 Å². The van der Waals surface area contributed by atoms with E-state index in [4.69, 9.17) is 8.92 Å². The number of halogens is 1. The third kappa shape index (κ3) is 4.19. The minimum absolute atomic E-state index is 0.0769. The summed E-state index contributed by atoms with van der Waals surface area (Å²) in [7, 11) is -3.54. The zero-order valence-electron chi connectivity index (χ0n) is 15.8. The average molecular weight is 439 g/mol. The fourth-order valence-electron chi connectivity index (χ4n) is 3.15. The van der Waals surface area contributed by atoms with E-state index in [1.807, 2.05) is 6.92 Å². The van der Waals surface area contributed by atoms with Crippen LogP contribution in [0.5, 0.6) is 5.75 Å². The number of hydrogen-bond donors (Lipinski definition) is 0. The Hall–Kier alpha value is -2.30. The van der Waals surface area contributed by atoms with Gasteiger partial charge in [-0.2, -0.15) is 8.42 Å². The van der Waals surface area contributed by atoms with Crippen LogP contribution in [-0.4, -0.2) is 29.7 Å². The van der Waals surface area contributed by atoms with E-state index in [2.05, 4.69) is 4.98 Å². The predicted octanol–water partition coefficient (Wildman–Crippen LogP) is 3.00. The molecule has 0 N–H and O–H groups in total. The second-order valence-electron chi connectivity index (χ2n) is 6.81. The van der Waals surface area contributed by atoms with Gasteiger partial charge < -0.3 is 4.74 Å². The number of ether oxygens (including phenoxy) is 1. The molecule has 0 saturated heterocycles. The molecule has 29 heavy (non-hydrogen) atoms. The molecular formula is C19H19FN2O5S2. The molecule has 1 saturated carbocycles. The summed E-state index contributed by atoms with van der Waals surface area (Å²) < 4.78 is 48.7. The molecule has 0 aliphatic heterocycles. The molecule has 1 aliphatic rings.